The molecule has 0 radical (unpaired) electrons. The van der Waals surface area contributed by atoms with Crippen molar-refractivity contribution in [3.8, 4) is 0 Å². The zero-order chi connectivity index (χ0) is 33.1. The average Bonchev–Trinajstić information content (AvgIpc) is 3.63. The predicted octanol–water partition coefficient (Wildman–Crippen LogP) is 4.41. The van der Waals surface area contributed by atoms with Crippen LogP contribution in [0.3, 0.4) is 0 Å². The van der Waals surface area contributed by atoms with Crippen molar-refractivity contribution in [3.63, 3.8) is 0 Å². The summed E-state index contributed by atoms with van der Waals surface area (Å²) in [7, 11) is 0. The Morgan fingerprint density at radius 2 is 1.63 bits per heavy atom. The molecule has 5 rings (SSSR count). The molecule has 3 aliphatic rings. The zero-order valence-electron chi connectivity index (χ0n) is 27.4. The Bertz CT molecular complexity index is 1430. The average molecular weight is 629 g/mol. The molecule has 3 amide bonds. The van der Waals surface area contributed by atoms with Crippen molar-refractivity contribution in [1.29, 1.82) is 0 Å². The number of ether oxygens (including phenoxy) is 1. The van der Waals surface area contributed by atoms with Crippen LogP contribution in [0.2, 0.25) is 0 Å². The van der Waals surface area contributed by atoms with Gasteiger partial charge in [0.05, 0.1) is 17.4 Å². The van der Waals surface area contributed by atoms with E-state index >= 15 is 0 Å². The summed E-state index contributed by atoms with van der Waals surface area (Å²) in [5, 5.41) is 9.75. The Balaban J connectivity index is 1.52. The van der Waals surface area contributed by atoms with E-state index in [4.69, 9.17) is 4.74 Å². The number of hydrogen-bond donors (Lipinski definition) is 1. The van der Waals surface area contributed by atoms with Crippen molar-refractivity contribution in [1.82, 2.24) is 9.80 Å². The third-order valence-corrected chi connectivity index (χ3v) is 10.1. The molecule has 1 N–H and O–H groups in total. The molecule has 2 aromatic rings. The van der Waals surface area contributed by atoms with Gasteiger partial charge in [-0.2, -0.15) is 0 Å². The molecule has 0 aromatic heterocycles. The second-order valence-electron chi connectivity index (χ2n) is 12.8. The van der Waals surface area contributed by atoms with E-state index in [0.29, 0.717) is 38.0 Å². The normalized spacial score (nSPS) is 26.1. The van der Waals surface area contributed by atoms with Crippen molar-refractivity contribution >= 4 is 29.1 Å². The van der Waals surface area contributed by atoms with Gasteiger partial charge in [0.25, 0.3) is 5.91 Å². The fraction of sp³-hybridized carbons (Fsp3) is 0.486. The Morgan fingerprint density at radius 3 is 2.24 bits per heavy atom. The van der Waals surface area contributed by atoms with Crippen LogP contribution in [0.1, 0.15) is 45.6 Å². The van der Waals surface area contributed by atoms with E-state index in [1.807, 2.05) is 61.5 Å². The van der Waals surface area contributed by atoms with Crippen LogP contribution in [0.15, 0.2) is 79.9 Å². The number of benzene rings is 2. The van der Waals surface area contributed by atoms with E-state index in [-0.39, 0.29) is 37.4 Å². The molecule has 46 heavy (non-hydrogen) atoms. The van der Waals surface area contributed by atoms with Gasteiger partial charge in [-0.1, -0.05) is 42.5 Å². The largest absolute Gasteiger partial charge is 0.396 e. The summed E-state index contributed by atoms with van der Waals surface area (Å²) in [4.78, 5) is 50.9. The second-order valence-corrected chi connectivity index (χ2v) is 12.8. The number of nitrogens with zero attached hydrogens (tertiary/aromatic N) is 4. The van der Waals surface area contributed by atoms with Gasteiger partial charge in [0.1, 0.15) is 11.6 Å². The number of likely N-dealkylation sites (tertiary alicyclic amines) is 1. The van der Waals surface area contributed by atoms with E-state index in [2.05, 4.69) is 31.9 Å². The summed E-state index contributed by atoms with van der Waals surface area (Å²) in [5.74, 6) is -2.27. The molecule has 3 fully saturated rings. The highest BCUT2D eigenvalue weighted by atomic mass is 16.5. The van der Waals surface area contributed by atoms with Crippen LogP contribution < -0.4 is 9.80 Å². The SMILES string of the molecule is C=CCN(Cc1ccccc1)C(=O)[C@H]1[C@H]2C(=O)N(CCCO)C(C(=O)N(CC=C)c3ccc(N(CC)CC)cc3)C23CC[C@]1(C)O3. The summed E-state index contributed by atoms with van der Waals surface area (Å²) in [6, 6.07) is 16.7. The highest BCUT2D eigenvalue weighted by molar-refractivity contribution is 6.05. The Morgan fingerprint density at radius 1 is 0.978 bits per heavy atom. The fourth-order valence-electron chi connectivity index (χ4n) is 7.98. The first-order valence-corrected chi connectivity index (χ1v) is 16.5. The molecule has 9 nitrogen and oxygen atoms in total. The molecule has 5 atom stereocenters. The van der Waals surface area contributed by atoms with Crippen molar-refractivity contribution in [2.75, 3.05) is 49.1 Å². The molecule has 3 saturated heterocycles. The number of aliphatic hydroxyl groups is 1. The number of amides is 3. The Hall–Kier alpha value is -3.95. The summed E-state index contributed by atoms with van der Waals surface area (Å²) >= 11 is 0. The molecule has 0 aliphatic carbocycles. The number of fused-ring (bicyclic) bond motifs is 1. The van der Waals surface area contributed by atoms with Gasteiger partial charge in [-0.3, -0.25) is 14.4 Å². The smallest absolute Gasteiger partial charge is 0.253 e. The van der Waals surface area contributed by atoms with Gasteiger partial charge < -0.3 is 29.4 Å². The highest BCUT2D eigenvalue weighted by Gasteiger charge is 2.78. The molecule has 0 saturated carbocycles. The summed E-state index contributed by atoms with van der Waals surface area (Å²) in [5.41, 5.74) is 0.673. The minimum atomic E-state index is -1.16. The van der Waals surface area contributed by atoms with Crippen LogP contribution in [-0.2, 0) is 25.7 Å². The van der Waals surface area contributed by atoms with Crippen molar-refractivity contribution in [2.24, 2.45) is 11.8 Å². The lowest BCUT2D eigenvalue weighted by atomic mass is 9.66. The monoisotopic (exact) mass is 628 g/mol. The maximum absolute atomic E-state index is 14.8. The van der Waals surface area contributed by atoms with Crippen molar-refractivity contribution < 1.29 is 24.2 Å². The number of carbonyl (C=O) groups excluding carboxylic acids is 3. The zero-order valence-corrected chi connectivity index (χ0v) is 27.4. The number of anilines is 2. The summed E-state index contributed by atoms with van der Waals surface area (Å²) < 4.78 is 6.86. The first kappa shape index (κ1) is 33.4. The summed E-state index contributed by atoms with van der Waals surface area (Å²) in [6.45, 7) is 16.6. The first-order valence-electron chi connectivity index (χ1n) is 16.5. The van der Waals surface area contributed by atoms with Crippen LogP contribution in [0.5, 0.6) is 0 Å². The minimum absolute atomic E-state index is 0.128. The van der Waals surface area contributed by atoms with Gasteiger partial charge in [0.15, 0.2) is 0 Å². The number of hydrogen-bond acceptors (Lipinski definition) is 6. The minimum Gasteiger partial charge on any atom is -0.396 e. The maximum atomic E-state index is 14.8. The van der Waals surface area contributed by atoms with Crippen LogP contribution in [0.4, 0.5) is 11.4 Å². The first-order chi connectivity index (χ1) is 22.2. The van der Waals surface area contributed by atoms with Gasteiger partial charge in [0.2, 0.25) is 11.8 Å². The maximum Gasteiger partial charge on any atom is 0.253 e. The summed E-state index contributed by atoms with van der Waals surface area (Å²) in [6.07, 6.45) is 4.72. The molecule has 2 bridgehead atoms. The van der Waals surface area contributed by atoms with Gasteiger partial charge in [-0.25, -0.2) is 0 Å². The van der Waals surface area contributed by atoms with Crippen LogP contribution in [-0.4, -0.2) is 89.2 Å². The molecule has 9 heteroatoms. The Kier molecular flexibility index (Phi) is 10.0. The number of aliphatic hydroxyl groups excluding tert-OH is 1. The Labute approximate surface area is 273 Å². The molecule has 3 aliphatic heterocycles. The lowest BCUT2D eigenvalue weighted by molar-refractivity contribution is -0.150. The topological polar surface area (TPSA) is 93.6 Å². The molecule has 2 aromatic carbocycles. The van der Waals surface area contributed by atoms with Gasteiger partial charge in [-0.05, 0) is 69.9 Å². The van der Waals surface area contributed by atoms with Gasteiger partial charge >= 0.3 is 0 Å². The number of carbonyl (C=O) groups is 3. The molecular weight excluding hydrogens is 580 g/mol. The highest BCUT2D eigenvalue weighted by Crippen LogP contribution is 2.63. The van der Waals surface area contributed by atoms with Crippen LogP contribution in [0.25, 0.3) is 0 Å². The third-order valence-electron chi connectivity index (χ3n) is 10.1. The second kappa shape index (κ2) is 13.8. The van der Waals surface area contributed by atoms with Gasteiger partial charge in [-0.15, -0.1) is 13.2 Å². The lowest BCUT2D eigenvalue weighted by Gasteiger charge is -2.37. The lowest BCUT2D eigenvalue weighted by Crippen LogP contribution is -2.56. The standard InChI is InChI=1S/C37H48N4O5/c1-6-22-39(26-27-14-11-10-12-15-27)33(43)30-31-34(44)41(24-13-25-42)32(37(31)21-20-36(30,5)46-37)35(45)40(23-7-2)29-18-16-28(17-19-29)38(8-3)9-4/h6-7,10-12,14-19,30-32,42H,1-2,8-9,13,20-26H2,3-5H3/t30-,31+,32?,36+,37?/m1/s1. The van der Waals surface area contributed by atoms with Crippen LogP contribution >= 0.6 is 0 Å². The van der Waals surface area contributed by atoms with E-state index in [1.165, 1.54) is 0 Å². The molecular formula is C37H48N4O5. The molecule has 1 spiro atoms. The quantitative estimate of drug-likeness (QED) is 0.294. The molecule has 246 valence electrons. The van der Waals surface area contributed by atoms with Crippen molar-refractivity contribution in [2.45, 2.75) is 63.8 Å². The van der Waals surface area contributed by atoms with E-state index in [0.717, 1.165) is 24.3 Å². The number of rotatable bonds is 15. The van der Waals surface area contributed by atoms with E-state index in [9.17, 15) is 19.5 Å². The molecule has 3 heterocycles. The van der Waals surface area contributed by atoms with E-state index in [1.54, 1.807) is 26.9 Å². The van der Waals surface area contributed by atoms with E-state index < -0.39 is 29.1 Å². The predicted molar refractivity (Wildman–Crippen MR) is 180 cm³/mol. The van der Waals surface area contributed by atoms with Crippen molar-refractivity contribution in [3.05, 3.63) is 85.5 Å². The molecule has 2 unspecified atom stereocenters. The third kappa shape index (κ3) is 5.75. The van der Waals surface area contributed by atoms with Gasteiger partial charge in [0, 0.05) is 57.3 Å². The fourth-order valence-corrected chi connectivity index (χ4v) is 7.98. The van der Waals surface area contributed by atoms with Crippen LogP contribution in [0, 0.1) is 11.8 Å².